The molecule has 1 aromatic carbocycles. The van der Waals surface area contributed by atoms with Gasteiger partial charge in [0.2, 0.25) is 5.95 Å². The van der Waals surface area contributed by atoms with Crippen LogP contribution in [0.25, 0.3) is 5.69 Å². The first-order valence-electron chi connectivity index (χ1n) is 9.60. The third-order valence-electron chi connectivity index (χ3n) is 5.97. The van der Waals surface area contributed by atoms with Crippen LogP contribution in [0, 0.1) is 5.41 Å². The van der Waals surface area contributed by atoms with Crippen molar-refractivity contribution in [3.8, 4) is 5.69 Å². The molecule has 0 unspecified atom stereocenters. The van der Waals surface area contributed by atoms with Gasteiger partial charge in [-0.1, -0.05) is 37.1 Å². The maximum atomic E-state index is 11.5. The number of para-hydroxylation sites is 1. The van der Waals surface area contributed by atoms with Crippen molar-refractivity contribution < 1.29 is 9.84 Å². The number of nitrogens with zero attached hydrogens (tertiary/aromatic N) is 6. The van der Waals surface area contributed by atoms with Crippen molar-refractivity contribution in [1.29, 1.82) is 0 Å². The summed E-state index contributed by atoms with van der Waals surface area (Å²) in [6, 6.07) is 9.90. The Morgan fingerprint density at radius 1 is 1.11 bits per heavy atom. The molecule has 0 aliphatic carbocycles. The van der Waals surface area contributed by atoms with Crippen LogP contribution in [0.5, 0.6) is 0 Å². The first-order valence-corrected chi connectivity index (χ1v) is 9.60. The van der Waals surface area contributed by atoms with E-state index in [1.807, 2.05) is 30.3 Å². The number of ether oxygens (including phenoxy) is 1. The fourth-order valence-electron chi connectivity index (χ4n) is 4.07. The number of benzene rings is 1. The van der Waals surface area contributed by atoms with E-state index in [4.69, 9.17) is 4.74 Å². The number of β-amino-alcohol motifs (C(OH)–C–C–N with tert-alkyl or cyclic N) is 1. The van der Waals surface area contributed by atoms with E-state index in [1.54, 1.807) is 4.68 Å². The second kappa shape index (κ2) is 7.18. The Labute approximate surface area is 159 Å². The topological polar surface area (TPSA) is 79.5 Å². The van der Waals surface area contributed by atoms with E-state index in [-0.39, 0.29) is 5.41 Å². The predicted molar refractivity (Wildman–Crippen MR) is 102 cm³/mol. The molecular formula is C19H28N6O2. The van der Waals surface area contributed by atoms with Crippen molar-refractivity contribution in [2.75, 3.05) is 50.8 Å². The Balaban J connectivity index is 1.52. The zero-order valence-electron chi connectivity index (χ0n) is 16.1. The molecule has 0 bridgehead atoms. The minimum absolute atomic E-state index is 0.295. The maximum absolute atomic E-state index is 11.5. The van der Waals surface area contributed by atoms with Gasteiger partial charge in [-0.15, -0.1) is 0 Å². The van der Waals surface area contributed by atoms with Gasteiger partial charge in [0.25, 0.3) is 0 Å². The smallest absolute Gasteiger partial charge is 0.250 e. The monoisotopic (exact) mass is 372 g/mol. The molecule has 0 saturated carbocycles. The second-order valence-electron chi connectivity index (χ2n) is 8.20. The van der Waals surface area contributed by atoms with E-state index in [2.05, 4.69) is 39.2 Å². The number of piperidine rings is 1. The number of hydrogen-bond acceptors (Lipinski definition) is 7. The molecule has 1 atom stereocenters. The van der Waals surface area contributed by atoms with Crippen LogP contribution in [0.4, 0.5) is 5.95 Å². The van der Waals surface area contributed by atoms with Gasteiger partial charge >= 0.3 is 0 Å². The third-order valence-corrected chi connectivity index (χ3v) is 5.97. The minimum atomic E-state index is -0.744. The summed E-state index contributed by atoms with van der Waals surface area (Å²) in [6.45, 7) is 9.62. The average molecular weight is 372 g/mol. The number of morpholine rings is 1. The molecule has 8 heteroatoms. The predicted octanol–water partition coefficient (Wildman–Crippen LogP) is 0.962. The van der Waals surface area contributed by atoms with Crippen LogP contribution < -0.4 is 4.90 Å². The highest BCUT2D eigenvalue weighted by Crippen LogP contribution is 2.40. The van der Waals surface area contributed by atoms with Crippen molar-refractivity contribution in [2.45, 2.75) is 25.9 Å². The van der Waals surface area contributed by atoms with Gasteiger partial charge in [0.1, 0.15) is 0 Å². The number of tetrazole rings is 1. The van der Waals surface area contributed by atoms with Crippen molar-refractivity contribution in [3.05, 3.63) is 30.3 Å². The summed E-state index contributed by atoms with van der Waals surface area (Å²) in [6.07, 6.45) is 0.680. The number of rotatable bonds is 4. The molecule has 2 fully saturated rings. The van der Waals surface area contributed by atoms with E-state index in [1.165, 1.54) is 0 Å². The summed E-state index contributed by atoms with van der Waals surface area (Å²) in [5.41, 5.74) is -0.104. The van der Waals surface area contributed by atoms with Crippen LogP contribution in [0.3, 0.4) is 0 Å². The lowest BCUT2D eigenvalue weighted by atomic mass is 9.69. The molecule has 1 N–H and O–H groups in total. The van der Waals surface area contributed by atoms with Crippen LogP contribution >= 0.6 is 0 Å². The van der Waals surface area contributed by atoms with Gasteiger partial charge in [0, 0.05) is 38.1 Å². The van der Waals surface area contributed by atoms with Crippen LogP contribution in [-0.2, 0) is 4.74 Å². The summed E-state index contributed by atoms with van der Waals surface area (Å²) in [5.74, 6) is 0.725. The van der Waals surface area contributed by atoms with Crippen molar-refractivity contribution in [3.63, 3.8) is 0 Å². The van der Waals surface area contributed by atoms with Gasteiger partial charge in [-0.25, -0.2) is 0 Å². The molecule has 146 valence electrons. The molecular weight excluding hydrogens is 344 g/mol. The standard InChI is InChI=1S/C19H28N6O2/c1-18(2)14-24(9-8-19(18,26)15-23-10-12-27-13-11-23)17-20-21-22-25(17)16-6-4-3-5-7-16/h3-7,26H,8-15H2,1-2H3/t19-/m0/s1. The van der Waals surface area contributed by atoms with Gasteiger partial charge in [-0.3, -0.25) is 4.90 Å². The largest absolute Gasteiger partial charge is 0.388 e. The maximum Gasteiger partial charge on any atom is 0.250 e. The molecule has 0 amide bonds. The molecule has 8 nitrogen and oxygen atoms in total. The average Bonchev–Trinajstić information content (AvgIpc) is 3.15. The summed E-state index contributed by atoms with van der Waals surface area (Å²) >= 11 is 0. The number of aliphatic hydroxyl groups is 1. The summed E-state index contributed by atoms with van der Waals surface area (Å²) in [7, 11) is 0. The Morgan fingerprint density at radius 3 is 2.56 bits per heavy atom. The van der Waals surface area contributed by atoms with Gasteiger partial charge in [0.05, 0.1) is 24.5 Å². The Kier molecular flexibility index (Phi) is 4.88. The highest BCUT2D eigenvalue weighted by atomic mass is 16.5. The molecule has 2 aliphatic heterocycles. The normalized spacial score (nSPS) is 26.3. The van der Waals surface area contributed by atoms with Gasteiger partial charge in [0.15, 0.2) is 0 Å². The second-order valence-corrected chi connectivity index (χ2v) is 8.20. The lowest BCUT2D eigenvalue weighted by molar-refractivity contribution is -0.111. The molecule has 4 rings (SSSR count). The SMILES string of the molecule is CC1(C)CN(c2nnnn2-c2ccccc2)CC[C@]1(O)CN1CCOCC1. The summed E-state index contributed by atoms with van der Waals surface area (Å²) in [4.78, 5) is 4.50. The first-order chi connectivity index (χ1) is 13.0. The molecule has 0 radical (unpaired) electrons. The van der Waals surface area contributed by atoms with Crippen LogP contribution in [0.2, 0.25) is 0 Å². The molecule has 3 heterocycles. The Bertz CT molecular complexity index is 759. The highest BCUT2D eigenvalue weighted by molar-refractivity contribution is 5.41. The molecule has 2 aliphatic rings. The van der Waals surface area contributed by atoms with Crippen LogP contribution in [0.15, 0.2) is 30.3 Å². The number of hydrogen-bond donors (Lipinski definition) is 1. The quantitative estimate of drug-likeness (QED) is 0.856. The van der Waals surface area contributed by atoms with Gasteiger partial charge in [-0.05, 0) is 29.0 Å². The lowest BCUT2D eigenvalue weighted by Gasteiger charge is -2.52. The van der Waals surface area contributed by atoms with Crippen LogP contribution in [-0.4, -0.2) is 81.8 Å². The lowest BCUT2D eigenvalue weighted by Crippen LogP contribution is -2.63. The van der Waals surface area contributed by atoms with Crippen molar-refractivity contribution >= 4 is 5.95 Å². The van der Waals surface area contributed by atoms with E-state index in [9.17, 15) is 5.11 Å². The van der Waals surface area contributed by atoms with E-state index in [0.717, 1.165) is 44.5 Å². The third kappa shape index (κ3) is 3.56. The fraction of sp³-hybridized carbons (Fsp3) is 0.632. The molecule has 0 spiro atoms. The minimum Gasteiger partial charge on any atom is -0.388 e. The zero-order valence-corrected chi connectivity index (χ0v) is 16.1. The van der Waals surface area contributed by atoms with E-state index >= 15 is 0 Å². The molecule has 2 saturated heterocycles. The van der Waals surface area contributed by atoms with Gasteiger partial charge in [-0.2, -0.15) is 4.68 Å². The first kappa shape index (κ1) is 18.3. The van der Waals surface area contributed by atoms with Gasteiger partial charge < -0.3 is 14.7 Å². The van der Waals surface area contributed by atoms with Crippen molar-refractivity contribution in [1.82, 2.24) is 25.1 Å². The van der Waals surface area contributed by atoms with Crippen molar-refractivity contribution in [2.24, 2.45) is 5.41 Å². The Morgan fingerprint density at radius 2 is 1.85 bits per heavy atom. The molecule has 1 aromatic heterocycles. The highest BCUT2D eigenvalue weighted by Gasteiger charge is 2.49. The molecule has 2 aromatic rings. The van der Waals surface area contributed by atoms with E-state index in [0.29, 0.717) is 19.5 Å². The summed E-state index contributed by atoms with van der Waals surface area (Å²) < 4.78 is 7.20. The Hall–Kier alpha value is -2.03. The number of aromatic nitrogens is 4. The molecule has 27 heavy (non-hydrogen) atoms. The van der Waals surface area contributed by atoms with Crippen LogP contribution in [0.1, 0.15) is 20.3 Å². The van der Waals surface area contributed by atoms with E-state index < -0.39 is 5.60 Å². The zero-order chi connectivity index (χ0) is 18.9. The fourth-order valence-corrected chi connectivity index (χ4v) is 4.07. The summed E-state index contributed by atoms with van der Waals surface area (Å²) in [5, 5.41) is 23.8. The number of anilines is 1.